The Hall–Kier alpha value is -3.09. The first-order chi connectivity index (χ1) is 21.8. The van der Waals surface area contributed by atoms with Gasteiger partial charge in [0.25, 0.3) is 5.56 Å². The maximum absolute atomic E-state index is 15.8. The number of aromatic nitrogens is 3. The van der Waals surface area contributed by atoms with Crippen molar-refractivity contribution >= 4 is 46.1 Å². The number of carbonyl (C=O) groups is 1. The van der Waals surface area contributed by atoms with Gasteiger partial charge in [-0.05, 0) is 45.4 Å². The van der Waals surface area contributed by atoms with E-state index in [4.69, 9.17) is 14.2 Å². The molecule has 46 heavy (non-hydrogen) atoms. The van der Waals surface area contributed by atoms with Gasteiger partial charge in [-0.3, -0.25) is 9.36 Å². The summed E-state index contributed by atoms with van der Waals surface area (Å²) in [7, 11) is 0. The van der Waals surface area contributed by atoms with E-state index in [1.165, 1.54) is 29.2 Å². The highest BCUT2D eigenvalue weighted by atomic mass is 32.2. The van der Waals surface area contributed by atoms with Gasteiger partial charge in [0.2, 0.25) is 0 Å². The van der Waals surface area contributed by atoms with Crippen LogP contribution in [0.5, 0.6) is 0 Å². The number of alkyl carbamates (subject to hydrolysis) is 1. The van der Waals surface area contributed by atoms with E-state index in [0.29, 0.717) is 18.4 Å². The van der Waals surface area contributed by atoms with Crippen LogP contribution in [0, 0.1) is 11.6 Å². The number of alkyl halides is 1. The second-order valence-electron chi connectivity index (χ2n) is 11.3. The number of fused-ring (bicyclic) bond motifs is 1. The monoisotopic (exact) mass is 686 g/mol. The maximum Gasteiger partial charge on any atom is 0.407 e. The van der Waals surface area contributed by atoms with Gasteiger partial charge < -0.3 is 28.8 Å². The van der Waals surface area contributed by atoms with E-state index in [9.17, 15) is 18.5 Å². The zero-order valence-electron chi connectivity index (χ0n) is 25.9. The Morgan fingerprint density at radius 1 is 1.20 bits per heavy atom. The molecule has 1 fully saturated rings. The van der Waals surface area contributed by atoms with Crippen molar-refractivity contribution in [3.8, 4) is 11.1 Å². The molecule has 2 N–H and O–H groups in total. The number of ether oxygens (including phenoxy) is 3. The van der Waals surface area contributed by atoms with Gasteiger partial charge in [0.05, 0.1) is 49.8 Å². The molecule has 2 atom stereocenters. The Morgan fingerprint density at radius 3 is 2.61 bits per heavy atom. The van der Waals surface area contributed by atoms with Crippen molar-refractivity contribution in [2.75, 3.05) is 57.0 Å². The topological polar surface area (TPSA) is 143 Å². The third-order valence-corrected chi connectivity index (χ3v) is 8.16. The summed E-state index contributed by atoms with van der Waals surface area (Å²) in [5, 5.41) is 2.86. The molecular weight excluding hydrogens is 649 g/mol. The molecule has 1 aliphatic heterocycles. The molecule has 1 saturated heterocycles. The molecule has 0 radical (unpaired) electrons. The van der Waals surface area contributed by atoms with Crippen molar-refractivity contribution in [2.45, 2.75) is 50.7 Å². The van der Waals surface area contributed by atoms with Crippen LogP contribution in [0.2, 0.25) is 0 Å². The van der Waals surface area contributed by atoms with Gasteiger partial charge in [-0.15, -0.1) is 0 Å². The third kappa shape index (κ3) is 9.71. The van der Waals surface area contributed by atoms with E-state index in [0.717, 1.165) is 18.2 Å². The molecule has 4 rings (SSSR count). The van der Waals surface area contributed by atoms with E-state index in [1.807, 2.05) is 0 Å². The predicted molar refractivity (Wildman–Crippen MR) is 170 cm³/mol. The molecule has 12 nitrogen and oxygen atoms in total. The van der Waals surface area contributed by atoms with Crippen molar-refractivity contribution < 1.29 is 36.7 Å². The molecule has 0 bridgehead atoms. The molecule has 17 heteroatoms. The number of benzene rings is 1. The zero-order valence-corrected chi connectivity index (χ0v) is 27.6. The summed E-state index contributed by atoms with van der Waals surface area (Å²) in [6.07, 6.45) is 1.57. The number of carbonyl (C=O) groups excluding carboxylic acids is 1. The number of hydrogen-bond acceptors (Lipinski definition) is 11. The molecule has 0 aliphatic carbocycles. The van der Waals surface area contributed by atoms with Gasteiger partial charge in [-0.1, -0.05) is 0 Å². The first-order valence-corrected chi connectivity index (χ1v) is 16.8. The summed E-state index contributed by atoms with van der Waals surface area (Å²) in [5.74, 6) is -1.95. The molecule has 1 unspecified atom stereocenters. The lowest BCUT2D eigenvalue weighted by Crippen LogP contribution is -2.34. The summed E-state index contributed by atoms with van der Waals surface area (Å²) in [4.78, 5) is 33.8. The second-order valence-corrected chi connectivity index (χ2v) is 13.5. The van der Waals surface area contributed by atoms with E-state index in [1.54, 1.807) is 25.1 Å². The van der Waals surface area contributed by atoms with Crippen molar-refractivity contribution in [3.05, 3.63) is 46.4 Å². The van der Waals surface area contributed by atoms with Gasteiger partial charge in [0.15, 0.2) is 11.5 Å². The fourth-order valence-corrected chi connectivity index (χ4v) is 5.68. The molecule has 3 heterocycles. The molecule has 252 valence electrons. The molecule has 0 saturated carbocycles. The fraction of sp³-hybridized carbons (Fsp3) is 0.517. The Morgan fingerprint density at radius 2 is 1.93 bits per heavy atom. The van der Waals surface area contributed by atoms with Crippen LogP contribution in [0.4, 0.5) is 23.7 Å². The number of pyridine rings is 1. The first kappa shape index (κ1) is 35.8. The summed E-state index contributed by atoms with van der Waals surface area (Å²) < 4.78 is 78.4. The fourth-order valence-electron chi connectivity index (χ4n) is 4.45. The number of rotatable bonds is 14. The average Bonchev–Trinajstić information content (AvgIpc) is 3.40. The lowest BCUT2D eigenvalue weighted by Gasteiger charge is -2.19. The Labute approximate surface area is 271 Å². The van der Waals surface area contributed by atoms with Gasteiger partial charge in [0.1, 0.15) is 23.8 Å². The van der Waals surface area contributed by atoms with Crippen LogP contribution in [0.3, 0.4) is 0 Å². The summed E-state index contributed by atoms with van der Waals surface area (Å²) in [6.45, 7) is 6.71. The Kier molecular flexibility index (Phi) is 12.6. The molecule has 1 amide bonds. The summed E-state index contributed by atoms with van der Waals surface area (Å²) >= 11 is -0.555. The van der Waals surface area contributed by atoms with Crippen LogP contribution >= 0.6 is 12.1 Å². The van der Waals surface area contributed by atoms with Gasteiger partial charge >= 0.3 is 11.2 Å². The lowest BCUT2D eigenvalue weighted by atomic mass is 10.0. The van der Waals surface area contributed by atoms with Crippen LogP contribution in [0.15, 0.2) is 34.3 Å². The molecular formula is C29H37F3N6O6S2. The van der Waals surface area contributed by atoms with Crippen LogP contribution in [-0.4, -0.2) is 93.6 Å². The van der Waals surface area contributed by atoms with Crippen LogP contribution in [0.25, 0.3) is 22.2 Å². The normalized spacial score (nSPS) is 16.1. The van der Waals surface area contributed by atoms with Gasteiger partial charge in [-0.2, -0.15) is 9.97 Å². The first-order valence-electron chi connectivity index (χ1n) is 14.5. The number of amides is 1. The van der Waals surface area contributed by atoms with Gasteiger partial charge in [-0.25, -0.2) is 22.3 Å². The quantitative estimate of drug-likeness (QED) is 0.110. The van der Waals surface area contributed by atoms with Crippen LogP contribution in [-0.2, 0) is 31.9 Å². The van der Waals surface area contributed by atoms with Crippen molar-refractivity contribution in [1.29, 1.82) is 0 Å². The zero-order chi connectivity index (χ0) is 33.4. The number of nitrogens with one attached hydrogen (secondary N) is 2. The number of anilines is 1. The van der Waals surface area contributed by atoms with E-state index < -0.39 is 51.8 Å². The molecule has 2 aromatic heterocycles. The Bertz CT molecular complexity index is 1580. The van der Waals surface area contributed by atoms with Crippen molar-refractivity contribution in [3.63, 3.8) is 0 Å². The van der Waals surface area contributed by atoms with Crippen molar-refractivity contribution in [1.82, 2.24) is 24.2 Å². The van der Waals surface area contributed by atoms with E-state index in [-0.39, 0.29) is 68.1 Å². The third-order valence-electron chi connectivity index (χ3n) is 6.55. The maximum atomic E-state index is 15.8. The standard InChI is InChI=1S/C29H37F3N6O6S2/c1-29(2,3)44-28(40)33-8-11-42-13-14-43-12-10-38-25-18(16-34-27(35-25)46(4)41)15-20(26(38)39)23-21(31)5-6-22(24(23)32)36-45-37-9-7-19(30)17-37/h5-6,15-16,19,36H,7-14,17H2,1-4H3,(H,33,40)/t19-,46?/m1/s1. The summed E-state index contributed by atoms with van der Waals surface area (Å²) in [5.41, 5.74) is -2.11. The average molecular weight is 687 g/mol. The van der Waals surface area contributed by atoms with E-state index in [2.05, 4.69) is 20.0 Å². The Balaban J connectivity index is 1.46. The molecule has 0 spiro atoms. The molecule has 1 aromatic carbocycles. The van der Waals surface area contributed by atoms with Crippen LogP contribution in [0.1, 0.15) is 27.2 Å². The van der Waals surface area contributed by atoms with Crippen LogP contribution < -0.4 is 15.6 Å². The smallest absolute Gasteiger partial charge is 0.407 e. The number of nitrogens with zero attached hydrogens (tertiary/aromatic N) is 4. The lowest BCUT2D eigenvalue weighted by molar-refractivity contribution is 0.0383. The minimum Gasteiger partial charge on any atom is -0.609 e. The number of hydrogen-bond donors (Lipinski definition) is 2. The minimum atomic E-state index is -1.56. The van der Waals surface area contributed by atoms with Crippen molar-refractivity contribution in [2.24, 2.45) is 0 Å². The highest BCUT2D eigenvalue weighted by Gasteiger charge is 2.25. The molecule has 3 aromatic rings. The SMILES string of the molecule is C[S+]([O-])c1ncc2cc(-c3c(F)ccc(NSN4CC[C@@H](F)C4)c3F)c(=O)n(CCOCCOCCNC(=O)OC(C)(C)C)c2n1. The highest BCUT2D eigenvalue weighted by Crippen LogP contribution is 2.32. The van der Waals surface area contributed by atoms with E-state index >= 15 is 8.78 Å². The summed E-state index contributed by atoms with van der Waals surface area (Å²) in [6, 6.07) is 3.55. The largest absolute Gasteiger partial charge is 0.609 e. The highest BCUT2D eigenvalue weighted by molar-refractivity contribution is 7.98. The number of halogens is 3. The molecule has 1 aliphatic rings. The minimum absolute atomic E-state index is 0.0132. The predicted octanol–water partition coefficient (Wildman–Crippen LogP) is 4.05. The second kappa shape index (κ2) is 16.1. The van der Waals surface area contributed by atoms with Gasteiger partial charge in [0, 0.05) is 54.5 Å².